The predicted molar refractivity (Wildman–Crippen MR) is 107 cm³/mol. The predicted octanol–water partition coefficient (Wildman–Crippen LogP) is 3.82. The summed E-state index contributed by atoms with van der Waals surface area (Å²) in [7, 11) is 0. The number of carbonyl (C=O) groups is 2. The highest BCUT2D eigenvalue weighted by Gasteiger charge is 2.60. The number of ketones is 1. The van der Waals surface area contributed by atoms with E-state index in [4.69, 9.17) is 5.73 Å². The van der Waals surface area contributed by atoms with Crippen LogP contribution in [0.2, 0.25) is 0 Å². The van der Waals surface area contributed by atoms with Crippen LogP contribution >= 0.6 is 0 Å². The van der Waals surface area contributed by atoms with Gasteiger partial charge in [-0.05, 0) is 92.4 Å². The summed E-state index contributed by atoms with van der Waals surface area (Å²) in [5, 5.41) is 3.79. The fraction of sp³-hybridized carbons (Fsp3) is 0.913. The molecular formula is C23H38N2O2. The lowest BCUT2D eigenvalue weighted by Gasteiger charge is -2.60. The Hall–Kier alpha value is -0.900. The van der Waals surface area contributed by atoms with Crippen molar-refractivity contribution in [2.75, 3.05) is 6.54 Å². The van der Waals surface area contributed by atoms with E-state index < -0.39 is 0 Å². The molecule has 4 saturated carbocycles. The summed E-state index contributed by atoms with van der Waals surface area (Å²) in [5.74, 6) is 3.49. The number of rotatable bonds is 5. The van der Waals surface area contributed by atoms with Gasteiger partial charge in [0.1, 0.15) is 5.78 Å². The summed E-state index contributed by atoms with van der Waals surface area (Å²) in [6.45, 7) is 5.97. The Morgan fingerprint density at radius 1 is 1.07 bits per heavy atom. The number of nitrogens with two attached hydrogens (primary N) is 1. The molecule has 4 aliphatic rings. The van der Waals surface area contributed by atoms with Gasteiger partial charge in [-0.2, -0.15) is 0 Å². The number of hydrogen-bond acceptors (Lipinski definition) is 3. The lowest BCUT2D eigenvalue weighted by atomic mass is 9.45. The van der Waals surface area contributed by atoms with Crippen LogP contribution in [0.15, 0.2) is 0 Å². The minimum absolute atomic E-state index is 0.191. The van der Waals surface area contributed by atoms with Crippen LogP contribution in [-0.4, -0.2) is 24.3 Å². The largest absolute Gasteiger partial charge is 0.370 e. The third-order valence-corrected chi connectivity index (χ3v) is 9.47. The second-order valence-electron chi connectivity index (χ2n) is 10.6. The Balaban J connectivity index is 1.44. The summed E-state index contributed by atoms with van der Waals surface area (Å²) in [6, 6.07) is 0.592. The number of Topliss-reactive ketones (excluding diaryl/α,β-unsaturated/α-hetero) is 1. The maximum Gasteiger partial charge on any atom is 0.217 e. The van der Waals surface area contributed by atoms with Crippen LogP contribution in [0.5, 0.6) is 0 Å². The Morgan fingerprint density at radius 3 is 2.63 bits per heavy atom. The van der Waals surface area contributed by atoms with E-state index >= 15 is 0 Å². The van der Waals surface area contributed by atoms with Gasteiger partial charge in [0.2, 0.25) is 5.91 Å². The number of nitrogens with one attached hydrogen (secondary N) is 1. The van der Waals surface area contributed by atoms with Crippen LogP contribution in [0.3, 0.4) is 0 Å². The third-order valence-electron chi connectivity index (χ3n) is 9.47. The van der Waals surface area contributed by atoms with Gasteiger partial charge in [0.05, 0.1) is 0 Å². The fourth-order valence-corrected chi connectivity index (χ4v) is 7.92. The molecule has 0 spiro atoms. The zero-order valence-corrected chi connectivity index (χ0v) is 17.3. The standard InChI is InChI=1S/C23H38N2O2/c1-22-11-9-16(26)14-15(22)5-6-17-18-7-8-20(25-13-3-4-21(24)27)23(18,2)12-10-19(17)22/h15,17-20,25H,3-14H2,1-2H3,(H2,24,27)/t15-,17+,18+,19+,20+,22+,23+/m1/s1. The molecule has 0 bridgehead atoms. The number of fused-ring (bicyclic) bond motifs is 5. The van der Waals surface area contributed by atoms with Crippen molar-refractivity contribution in [3.8, 4) is 0 Å². The number of amides is 1. The molecule has 4 nitrogen and oxygen atoms in total. The smallest absolute Gasteiger partial charge is 0.217 e. The van der Waals surface area contributed by atoms with Gasteiger partial charge < -0.3 is 11.1 Å². The van der Waals surface area contributed by atoms with Crippen molar-refractivity contribution >= 4 is 11.7 Å². The molecule has 0 aliphatic heterocycles. The fourth-order valence-electron chi connectivity index (χ4n) is 7.92. The van der Waals surface area contributed by atoms with E-state index in [2.05, 4.69) is 19.2 Å². The molecule has 0 aromatic heterocycles. The Labute approximate surface area is 164 Å². The first-order chi connectivity index (χ1) is 12.8. The first kappa shape index (κ1) is 19.4. The summed E-state index contributed by atoms with van der Waals surface area (Å²) < 4.78 is 0. The Morgan fingerprint density at radius 2 is 1.85 bits per heavy atom. The second kappa shape index (κ2) is 7.17. The van der Waals surface area contributed by atoms with Gasteiger partial charge in [-0.25, -0.2) is 0 Å². The van der Waals surface area contributed by atoms with Gasteiger partial charge >= 0.3 is 0 Å². The Bertz CT molecular complexity index is 605. The molecule has 1 amide bonds. The van der Waals surface area contributed by atoms with E-state index in [1.807, 2.05) is 0 Å². The average Bonchev–Trinajstić information content (AvgIpc) is 2.96. The first-order valence-corrected chi connectivity index (χ1v) is 11.4. The van der Waals surface area contributed by atoms with Crippen LogP contribution in [0.4, 0.5) is 0 Å². The van der Waals surface area contributed by atoms with Gasteiger partial charge in [-0.1, -0.05) is 13.8 Å². The highest BCUT2D eigenvalue weighted by molar-refractivity contribution is 5.79. The van der Waals surface area contributed by atoms with Crippen molar-refractivity contribution in [3.63, 3.8) is 0 Å². The van der Waals surface area contributed by atoms with E-state index in [0.717, 1.165) is 50.0 Å². The molecule has 0 saturated heterocycles. The lowest BCUT2D eigenvalue weighted by Crippen LogP contribution is -2.55. The molecule has 4 heteroatoms. The van der Waals surface area contributed by atoms with Crippen molar-refractivity contribution < 1.29 is 9.59 Å². The minimum Gasteiger partial charge on any atom is -0.370 e. The number of primary amides is 1. The van der Waals surface area contributed by atoms with Crippen molar-refractivity contribution in [2.24, 2.45) is 40.2 Å². The van der Waals surface area contributed by atoms with E-state index in [0.29, 0.717) is 35.0 Å². The van der Waals surface area contributed by atoms with Crippen molar-refractivity contribution in [3.05, 3.63) is 0 Å². The third kappa shape index (κ3) is 3.26. The number of carbonyl (C=O) groups excluding carboxylic acids is 2. The molecule has 0 aromatic carbocycles. The number of hydrogen-bond donors (Lipinski definition) is 2. The molecule has 0 heterocycles. The second-order valence-corrected chi connectivity index (χ2v) is 10.6. The van der Waals surface area contributed by atoms with Gasteiger partial charge in [0.25, 0.3) is 0 Å². The van der Waals surface area contributed by atoms with Crippen molar-refractivity contribution in [1.82, 2.24) is 5.32 Å². The molecular weight excluding hydrogens is 336 g/mol. The molecule has 3 N–H and O–H groups in total. The van der Waals surface area contributed by atoms with E-state index in [-0.39, 0.29) is 5.91 Å². The summed E-state index contributed by atoms with van der Waals surface area (Å²) in [4.78, 5) is 23.0. The molecule has 27 heavy (non-hydrogen) atoms. The zero-order valence-electron chi connectivity index (χ0n) is 17.3. The summed E-state index contributed by atoms with van der Waals surface area (Å²) in [6.07, 6.45) is 12.1. The molecule has 7 atom stereocenters. The normalized spacial score (nSPS) is 46.4. The van der Waals surface area contributed by atoms with Crippen molar-refractivity contribution in [1.29, 1.82) is 0 Å². The van der Waals surface area contributed by atoms with Crippen LogP contribution in [0.25, 0.3) is 0 Å². The van der Waals surface area contributed by atoms with Crippen LogP contribution in [0, 0.1) is 34.5 Å². The molecule has 4 rings (SSSR count). The monoisotopic (exact) mass is 374 g/mol. The van der Waals surface area contributed by atoms with Crippen LogP contribution in [-0.2, 0) is 9.59 Å². The van der Waals surface area contributed by atoms with E-state index in [1.165, 1.54) is 38.5 Å². The maximum absolute atomic E-state index is 12.0. The van der Waals surface area contributed by atoms with Gasteiger partial charge in [-0.3, -0.25) is 9.59 Å². The first-order valence-electron chi connectivity index (χ1n) is 11.4. The zero-order chi connectivity index (χ0) is 19.2. The quantitative estimate of drug-likeness (QED) is 0.719. The lowest BCUT2D eigenvalue weighted by molar-refractivity contribution is -0.138. The maximum atomic E-state index is 12.0. The van der Waals surface area contributed by atoms with Gasteiger partial charge in [0, 0.05) is 25.3 Å². The highest BCUT2D eigenvalue weighted by Crippen LogP contribution is 2.65. The molecule has 152 valence electrons. The van der Waals surface area contributed by atoms with Crippen LogP contribution in [0.1, 0.15) is 84.5 Å². The van der Waals surface area contributed by atoms with Crippen molar-refractivity contribution in [2.45, 2.75) is 90.5 Å². The van der Waals surface area contributed by atoms with E-state index in [1.54, 1.807) is 0 Å². The minimum atomic E-state index is -0.191. The molecule has 0 radical (unpaired) electrons. The van der Waals surface area contributed by atoms with E-state index in [9.17, 15) is 9.59 Å². The summed E-state index contributed by atoms with van der Waals surface area (Å²) >= 11 is 0. The highest BCUT2D eigenvalue weighted by atomic mass is 16.1. The van der Waals surface area contributed by atoms with Crippen LogP contribution < -0.4 is 11.1 Å². The molecule has 0 unspecified atom stereocenters. The molecule has 4 aliphatic carbocycles. The average molecular weight is 375 g/mol. The topological polar surface area (TPSA) is 72.2 Å². The molecule has 4 fully saturated rings. The van der Waals surface area contributed by atoms with Gasteiger partial charge in [-0.15, -0.1) is 0 Å². The summed E-state index contributed by atoms with van der Waals surface area (Å²) in [5.41, 5.74) is 6.09. The van der Waals surface area contributed by atoms with Gasteiger partial charge in [0.15, 0.2) is 0 Å². The molecule has 0 aromatic rings. The Kier molecular flexibility index (Phi) is 5.15. The SMILES string of the molecule is C[C@]12CCC(=O)C[C@H]1CC[C@@H]1[C@@H]2CC[C@]2(C)[C@@H](NCCCC(N)=O)CC[C@@H]12.